The number of ether oxygens (including phenoxy) is 1. The number of hydrogen-bond acceptors (Lipinski definition) is 5. The van der Waals surface area contributed by atoms with Crippen LogP contribution in [0.1, 0.15) is 43.0 Å². The molecule has 0 bridgehead atoms. The lowest BCUT2D eigenvalue weighted by atomic mass is 9.89. The second-order valence-corrected chi connectivity index (χ2v) is 6.62. The summed E-state index contributed by atoms with van der Waals surface area (Å²) in [5.41, 5.74) is 1.90. The van der Waals surface area contributed by atoms with Crippen LogP contribution in [-0.4, -0.2) is 18.2 Å². The number of carbonyl (C=O) groups is 2. The van der Waals surface area contributed by atoms with Crippen LogP contribution in [0.3, 0.4) is 0 Å². The van der Waals surface area contributed by atoms with Crippen LogP contribution in [0, 0.1) is 5.92 Å². The van der Waals surface area contributed by atoms with Crippen molar-refractivity contribution in [3.8, 4) is 11.1 Å². The molecule has 0 heterocycles. The minimum absolute atomic E-state index is 0.172. The summed E-state index contributed by atoms with van der Waals surface area (Å²) in [6.45, 7) is 2.18. The molecule has 1 saturated carbocycles. The van der Waals surface area contributed by atoms with Crippen molar-refractivity contribution in [3.63, 3.8) is 0 Å². The molecule has 1 fully saturated rings. The number of rotatable bonds is 3. The van der Waals surface area contributed by atoms with Gasteiger partial charge in [-0.25, -0.2) is 14.6 Å². The molecular formula is C21H22O5. The van der Waals surface area contributed by atoms with Gasteiger partial charge in [0.15, 0.2) is 0 Å². The van der Waals surface area contributed by atoms with Crippen molar-refractivity contribution in [1.82, 2.24) is 0 Å². The van der Waals surface area contributed by atoms with Crippen molar-refractivity contribution in [1.29, 1.82) is 0 Å². The first-order valence-electron chi connectivity index (χ1n) is 8.87. The number of carbonyl (C=O) groups excluding carboxylic acids is 2. The van der Waals surface area contributed by atoms with Gasteiger partial charge < -0.3 is 4.74 Å². The van der Waals surface area contributed by atoms with Crippen LogP contribution in [0.25, 0.3) is 11.1 Å². The maximum Gasteiger partial charge on any atom is 0.550 e. The van der Waals surface area contributed by atoms with E-state index >= 15 is 0 Å². The van der Waals surface area contributed by atoms with Gasteiger partial charge in [0.1, 0.15) is 6.10 Å². The maximum absolute atomic E-state index is 12.3. The van der Waals surface area contributed by atoms with Gasteiger partial charge >= 0.3 is 12.1 Å². The Morgan fingerprint density at radius 2 is 1.50 bits per heavy atom. The Labute approximate surface area is 152 Å². The molecule has 136 valence electrons. The third-order valence-corrected chi connectivity index (χ3v) is 4.64. The molecule has 0 radical (unpaired) electrons. The third-order valence-electron chi connectivity index (χ3n) is 4.64. The Bertz CT molecular complexity index is 748. The molecule has 3 rings (SSSR count). The molecule has 0 aliphatic heterocycles. The Morgan fingerprint density at radius 3 is 2.23 bits per heavy atom. The molecule has 26 heavy (non-hydrogen) atoms. The van der Waals surface area contributed by atoms with E-state index in [2.05, 4.69) is 11.8 Å². The summed E-state index contributed by atoms with van der Waals surface area (Å²) in [5, 5.41) is 0. The van der Waals surface area contributed by atoms with E-state index in [1.807, 2.05) is 42.5 Å². The summed E-state index contributed by atoms with van der Waals surface area (Å²) >= 11 is 0. The van der Waals surface area contributed by atoms with Crippen LogP contribution in [0.2, 0.25) is 0 Å². The molecule has 0 unspecified atom stereocenters. The summed E-state index contributed by atoms with van der Waals surface area (Å²) in [6.07, 6.45) is 2.50. The Balaban J connectivity index is 1.58. The Morgan fingerprint density at radius 1 is 0.846 bits per heavy atom. The topological polar surface area (TPSA) is 61.8 Å². The van der Waals surface area contributed by atoms with Gasteiger partial charge in [-0.3, -0.25) is 0 Å². The van der Waals surface area contributed by atoms with Gasteiger partial charge in [0.25, 0.3) is 0 Å². The second-order valence-electron chi connectivity index (χ2n) is 6.62. The highest BCUT2D eigenvalue weighted by molar-refractivity contribution is 5.97. The average Bonchev–Trinajstić information content (AvgIpc) is 2.68. The lowest BCUT2D eigenvalue weighted by molar-refractivity contribution is -0.208. The van der Waals surface area contributed by atoms with Crippen molar-refractivity contribution < 1.29 is 24.1 Å². The number of benzene rings is 2. The largest absolute Gasteiger partial charge is 0.550 e. The van der Waals surface area contributed by atoms with Crippen molar-refractivity contribution in [2.24, 2.45) is 5.92 Å². The second kappa shape index (κ2) is 8.52. The van der Waals surface area contributed by atoms with Crippen LogP contribution in [-0.2, 0) is 14.5 Å². The van der Waals surface area contributed by atoms with E-state index in [1.54, 1.807) is 12.1 Å². The quantitative estimate of drug-likeness (QED) is 0.433. The monoisotopic (exact) mass is 354 g/mol. The van der Waals surface area contributed by atoms with E-state index < -0.39 is 12.1 Å². The Kier molecular flexibility index (Phi) is 5.89. The molecule has 0 saturated heterocycles. The zero-order chi connectivity index (χ0) is 18.4. The van der Waals surface area contributed by atoms with Crippen molar-refractivity contribution >= 4 is 12.1 Å². The zero-order valence-electron chi connectivity index (χ0n) is 14.7. The van der Waals surface area contributed by atoms with Crippen LogP contribution in [0.15, 0.2) is 54.6 Å². The first-order valence-corrected chi connectivity index (χ1v) is 8.87. The predicted octanol–water partition coefficient (Wildman–Crippen LogP) is 5.16. The molecule has 0 aromatic heterocycles. The van der Waals surface area contributed by atoms with Crippen molar-refractivity contribution in [2.45, 2.75) is 38.7 Å². The van der Waals surface area contributed by atoms with Gasteiger partial charge in [-0.1, -0.05) is 55.5 Å². The smallest absolute Gasteiger partial charge is 0.428 e. The summed E-state index contributed by atoms with van der Waals surface area (Å²) in [6, 6.07) is 16.5. The molecule has 5 heteroatoms. The van der Waals surface area contributed by atoms with Gasteiger partial charge in [0.05, 0.1) is 5.56 Å². The van der Waals surface area contributed by atoms with E-state index in [-0.39, 0.29) is 6.10 Å². The molecule has 2 aromatic carbocycles. The maximum atomic E-state index is 12.3. The lowest BCUT2D eigenvalue weighted by Crippen LogP contribution is -2.24. The first-order chi connectivity index (χ1) is 12.6. The third kappa shape index (κ3) is 4.63. The van der Waals surface area contributed by atoms with Gasteiger partial charge in [-0.2, -0.15) is 4.79 Å². The standard InChI is InChI=1S/C21H22O5/c1-15-11-13-17(14-12-15)24-21(23)26-25-20(22)19-10-6-5-9-18(19)16-7-3-2-4-8-16/h2-10,15,17H,11-14H2,1H3. The van der Waals surface area contributed by atoms with Crippen LogP contribution < -0.4 is 0 Å². The van der Waals surface area contributed by atoms with E-state index in [9.17, 15) is 9.59 Å². The fourth-order valence-electron chi connectivity index (χ4n) is 3.15. The SMILES string of the molecule is CC1CCC(OC(=O)OOC(=O)c2ccccc2-c2ccccc2)CC1. The van der Waals surface area contributed by atoms with Crippen LogP contribution in [0.4, 0.5) is 4.79 Å². The molecule has 1 aliphatic carbocycles. The van der Waals surface area contributed by atoms with Gasteiger partial charge in [0, 0.05) is 0 Å². The highest BCUT2D eigenvalue weighted by Crippen LogP contribution is 2.26. The molecule has 2 aromatic rings. The molecule has 0 spiro atoms. The highest BCUT2D eigenvalue weighted by Gasteiger charge is 2.24. The molecule has 0 N–H and O–H groups in total. The van der Waals surface area contributed by atoms with E-state index in [0.717, 1.165) is 31.2 Å². The summed E-state index contributed by atoms with van der Waals surface area (Å²) in [4.78, 5) is 33.4. The predicted molar refractivity (Wildman–Crippen MR) is 96.3 cm³/mol. The van der Waals surface area contributed by atoms with Crippen molar-refractivity contribution in [2.75, 3.05) is 0 Å². The van der Waals surface area contributed by atoms with Crippen LogP contribution in [0.5, 0.6) is 0 Å². The van der Waals surface area contributed by atoms with Crippen LogP contribution >= 0.6 is 0 Å². The zero-order valence-corrected chi connectivity index (χ0v) is 14.7. The fraction of sp³-hybridized carbons (Fsp3) is 0.333. The molecule has 0 amide bonds. The molecule has 0 atom stereocenters. The first kappa shape index (κ1) is 18.0. The van der Waals surface area contributed by atoms with E-state index in [1.165, 1.54) is 0 Å². The Hall–Kier alpha value is -2.82. The minimum Gasteiger partial charge on any atom is -0.428 e. The summed E-state index contributed by atoms with van der Waals surface area (Å²) in [5.74, 6) is -0.0862. The molecule has 5 nitrogen and oxygen atoms in total. The van der Waals surface area contributed by atoms with Gasteiger partial charge in [0.2, 0.25) is 0 Å². The van der Waals surface area contributed by atoms with E-state index in [4.69, 9.17) is 9.62 Å². The van der Waals surface area contributed by atoms with Gasteiger partial charge in [-0.05, 0) is 48.8 Å². The summed E-state index contributed by atoms with van der Waals surface area (Å²) < 4.78 is 5.20. The van der Waals surface area contributed by atoms with Gasteiger partial charge in [-0.15, -0.1) is 0 Å². The highest BCUT2D eigenvalue weighted by atomic mass is 17.2. The summed E-state index contributed by atoms with van der Waals surface area (Å²) in [7, 11) is 0. The molecule has 1 aliphatic rings. The fourth-order valence-corrected chi connectivity index (χ4v) is 3.15. The van der Waals surface area contributed by atoms with E-state index in [0.29, 0.717) is 17.0 Å². The minimum atomic E-state index is -0.977. The normalized spacial score (nSPS) is 19.4. The molecular weight excluding hydrogens is 332 g/mol. The average molecular weight is 354 g/mol. The number of hydrogen-bond donors (Lipinski definition) is 0. The van der Waals surface area contributed by atoms with Crippen molar-refractivity contribution in [3.05, 3.63) is 60.2 Å². The lowest BCUT2D eigenvalue weighted by Gasteiger charge is -2.25.